The number of aryl methyl sites for hydroxylation is 2. The van der Waals surface area contributed by atoms with Crippen LogP contribution < -0.4 is 10.1 Å². The van der Waals surface area contributed by atoms with Crippen LogP contribution in [0.5, 0.6) is 5.75 Å². The van der Waals surface area contributed by atoms with Crippen LogP contribution in [-0.4, -0.2) is 22.1 Å². The first kappa shape index (κ1) is 17.3. The van der Waals surface area contributed by atoms with E-state index in [4.69, 9.17) is 9.72 Å². The number of para-hydroxylation sites is 2. The molecule has 4 rings (SSSR count). The second-order valence-electron chi connectivity index (χ2n) is 6.62. The molecule has 138 valence electrons. The molecule has 0 saturated heterocycles. The highest BCUT2D eigenvalue weighted by Gasteiger charge is 2.17. The molecule has 0 aliphatic carbocycles. The lowest BCUT2D eigenvalue weighted by atomic mass is 10.1. The van der Waals surface area contributed by atoms with Crippen molar-refractivity contribution in [3.63, 3.8) is 0 Å². The van der Waals surface area contributed by atoms with Crippen molar-refractivity contribution in [1.29, 1.82) is 0 Å². The van der Waals surface area contributed by atoms with Crippen molar-refractivity contribution >= 4 is 11.6 Å². The summed E-state index contributed by atoms with van der Waals surface area (Å²) in [4.78, 5) is 17.7. The first-order valence-electron chi connectivity index (χ1n) is 9.45. The number of aromatic nitrogens is 2. The van der Waals surface area contributed by atoms with Gasteiger partial charge >= 0.3 is 0 Å². The minimum Gasteiger partial charge on any atom is -0.493 e. The highest BCUT2D eigenvalue weighted by atomic mass is 16.5. The topological polar surface area (TPSA) is 56.1 Å². The number of hydrogen-bond donors (Lipinski definition) is 1. The van der Waals surface area contributed by atoms with Crippen LogP contribution in [0.25, 0.3) is 11.3 Å². The fourth-order valence-electron chi connectivity index (χ4n) is 3.48. The first-order valence-corrected chi connectivity index (χ1v) is 9.45. The van der Waals surface area contributed by atoms with Crippen LogP contribution in [0.1, 0.15) is 35.9 Å². The van der Waals surface area contributed by atoms with E-state index in [1.807, 2.05) is 49.4 Å². The van der Waals surface area contributed by atoms with E-state index in [0.717, 1.165) is 35.7 Å². The highest BCUT2D eigenvalue weighted by Crippen LogP contribution is 2.30. The van der Waals surface area contributed by atoms with Gasteiger partial charge in [0.2, 0.25) is 0 Å². The molecule has 5 nitrogen and oxygen atoms in total. The maximum Gasteiger partial charge on any atom is 0.259 e. The number of fused-ring (bicyclic) bond motifs is 1. The molecule has 0 fully saturated rings. The monoisotopic (exact) mass is 361 g/mol. The molecule has 1 aliphatic rings. The Morgan fingerprint density at radius 1 is 1.15 bits per heavy atom. The zero-order valence-electron chi connectivity index (χ0n) is 15.4. The van der Waals surface area contributed by atoms with Gasteiger partial charge in [-0.1, -0.05) is 30.3 Å². The number of carbonyl (C=O) groups excluding carboxylic acids is 1. The molecule has 1 aromatic heterocycles. The molecular formula is C22H23N3O2. The van der Waals surface area contributed by atoms with E-state index in [1.54, 1.807) is 6.07 Å². The lowest BCUT2D eigenvalue weighted by Gasteiger charge is -2.12. The number of anilines is 1. The lowest BCUT2D eigenvalue weighted by molar-refractivity contribution is 0.102. The number of carbonyl (C=O) groups is 1. The van der Waals surface area contributed by atoms with Gasteiger partial charge in [-0.05, 0) is 38.0 Å². The Labute approximate surface area is 159 Å². The van der Waals surface area contributed by atoms with E-state index in [-0.39, 0.29) is 5.91 Å². The average Bonchev–Trinajstić information content (AvgIpc) is 3.13. The molecular weight excluding hydrogens is 338 g/mol. The predicted molar refractivity (Wildman–Crippen MR) is 106 cm³/mol. The summed E-state index contributed by atoms with van der Waals surface area (Å²) in [6, 6.07) is 15.1. The van der Waals surface area contributed by atoms with Crippen molar-refractivity contribution in [2.45, 2.75) is 32.7 Å². The number of rotatable bonds is 5. The third-order valence-corrected chi connectivity index (χ3v) is 4.79. The second-order valence-corrected chi connectivity index (χ2v) is 6.62. The molecule has 0 unspecified atom stereocenters. The molecule has 1 N–H and O–H groups in total. The quantitative estimate of drug-likeness (QED) is 0.726. The standard InChI is InChI=1S/C22H23N3O2/c1-2-27-20-12-6-4-10-17(20)22(26)24-18-11-5-3-9-16(18)19-15-25-14-8-7-13-21(25)23-19/h3-6,9-12,15H,2,7-8,13-14H2,1H3,(H,24,26). The summed E-state index contributed by atoms with van der Waals surface area (Å²) in [6.45, 7) is 3.43. The summed E-state index contributed by atoms with van der Waals surface area (Å²) in [7, 11) is 0. The summed E-state index contributed by atoms with van der Waals surface area (Å²) in [5, 5.41) is 3.04. The number of benzene rings is 2. The van der Waals surface area contributed by atoms with E-state index in [9.17, 15) is 4.79 Å². The maximum absolute atomic E-state index is 12.9. The highest BCUT2D eigenvalue weighted by molar-refractivity contribution is 6.07. The number of ether oxygens (including phenoxy) is 1. The number of amides is 1. The molecule has 5 heteroatoms. The molecule has 0 bridgehead atoms. The van der Waals surface area contributed by atoms with Crippen molar-refractivity contribution in [1.82, 2.24) is 9.55 Å². The summed E-state index contributed by atoms with van der Waals surface area (Å²) >= 11 is 0. The number of nitrogens with one attached hydrogen (secondary N) is 1. The summed E-state index contributed by atoms with van der Waals surface area (Å²) in [6.07, 6.45) is 5.47. The number of hydrogen-bond acceptors (Lipinski definition) is 3. The molecule has 2 heterocycles. The third kappa shape index (κ3) is 3.58. The molecule has 27 heavy (non-hydrogen) atoms. The van der Waals surface area contributed by atoms with Gasteiger partial charge in [0, 0.05) is 24.7 Å². The van der Waals surface area contributed by atoms with Crippen LogP contribution in [-0.2, 0) is 13.0 Å². The van der Waals surface area contributed by atoms with Crippen molar-refractivity contribution in [3.05, 3.63) is 66.1 Å². The molecule has 0 saturated carbocycles. The Bertz CT molecular complexity index is 938. The fraction of sp³-hybridized carbons (Fsp3) is 0.273. The van der Waals surface area contributed by atoms with Gasteiger partial charge in [-0.15, -0.1) is 0 Å². The molecule has 1 aliphatic heterocycles. The Hall–Kier alpha value is -3.08. The van der Waals surface area contributed by atoms with Crippen molar-refractivity contribution < 1.29 is 9.53 Å². The van der Waals surface area contributed by atoms with Gasteiger partial charge in [-0.3, -0.25) is 4.79 Å². The van der Waals surface area contributed by atoms with Crippen LogP contribution in [0.2, 0.25) is 0 Å². The number of imidazole rings is 1. The Kier molecular flexibility index (Phi) is 4.92. The normalized spacial score (nSPS) is 13.1. The molecule has 3 aromatic rings. The third-order valence-electron chi connectivity index (χ3n) is 4.79. The first-order chi connectivity index (χ1) is 13.3. The Morgan fingerprint density at radius 3 is 2.81 bits per heavy atom. The molecule has 0 spiro atoms. The summed E-state index contributed by atoms with van der Waals surface area (Å²) in [5.74, 6) is 1.53. The maximum atomic E-state index is 12.9. The number of nitrogens with zero attached hydrogens (tertiary/aromatic N) is 2. The summed E-state index contributed by atoms with van der Waals surface area (Å²) < 4.78 is 7.81. The zero-order chi connectivity index (χ0) is 18.6. The SMILES string of the molecule is CCOc1ccccc1C(=O)Nc1ccccc1-c1cn2c(n1)CCCC2. The molecule has 0 radical (unpaired) electrons. The van der Waals surface area contributed by atoms with E-state index in [0.29, 0.717) is 17.9 Å². The van der Waals surface area contributed by atoms with Gasteiger partial charge in [0.1, 0.15) is 11.6 Å². The van der Waals surface area contributed by atoms with E-state index in [2.05, 4.69) is 16.1 Å². The molecule has 1 amide bonds. The van der Waals surface area contributed by atoms with E-state index in [1.165, 1.54) is 12.8 Å². The van der Waals surface area contributed by atoms with Crippen LogP contribution in [0.4, 0.5) is 5.69 Å². The Balaban J connectivity index is 1.64. The van der Waals surface area contributed by atoms with Crippen molar-refractivity contribution in [2.24, 2.45) is 0 Å². The van der Waals surface area contributed by atoms with Crippen molar-refractivity contribution in [2.75, 3.05) is 11.9 Å². The van der Waals surface area contributed by atoms with Crippen LogP contribution in [0.3, 0.4) is 0 Å². The lowest BCUT2D eigenvalue weighted by Crippen LogP contribution is -2.14. The van der Waals surface area contributed by atoms with Gasteiger partial charge in [0.05, 0.1) is 23.6 Å². The van der Waals surface area contributed by atoms with Gasteiger partial charge in [-0.2, -0.15) is 0 Å². The minimum absolute atomic E-state index is 0.185. The largest absolute Gasteiger partial charge is 0.493 e. The van der Waals surface area contributed by atoms with Crippen LogP contribution >= 0.6 is 0 Å². The predicted octanol–water partition coefficient (Wildman–Crippen LogP) is 4.54. The second kappa shape index (κ2) is 7.66. The Morgan fingerprint density at radius 2 is 1.96 bits per heavy atom. The molecule has 0 atom stereocenters. The van der Waals surface area contributed by atoms with Gasteiger partial charge in [0.25, 0.3) is 5.91 Å². The smallest absolute Gasteiger partial charge is 0.259 e. The molecule has 2 aromatic carbocycles. The summed E-state index contributed by atoms with van der Waals surface area (Å²) in [5.41, 5.74) is 3.12. The van der Waals surface area contributed by atoms with Crippen LogP contribution in [0, 0.1) is 0 Å². The van der Waals surface area contributed by atoms with E-state index >= 15 is 0 Å². The average molecular weight is 361 g/mol. The van der Waals surface area contributed by atoms with Crippen LogP contribution in [0.15, 0.2) is 54.7 Å². The zero-order valence-corrected chi connectivity index (χ0v) is 15.4. The minimum atomic E-state index is -0.185. The fourth-order valence-corrected chi connectivity index (χ4v) is 3.48. The van der Waals surface area contributed by atoms with Gasteiger partial charge < -0.3 is 14.6 Å². The van der Waals surface area contributed by atoms with Gasteiger partial charge in [-0.25, -0.2) is 4.98 Å². The van der Waals surface area contributed by atoms with Crippen molar-refractivity contribution in [3.8, 4) is 17.0 Å². The van der Waals surface area contributed by atoms with Gasteiger partial charge in [0.15, 0.2) is 0 Å². The van der Waals surface area contributed by atoms with E-state index < -0.39 is 0 Å².